The average Bonchev–Trinajstić information content (AvgIpc) is 2.90. The van der Waals surface area contributed by atoms with Crippen LogP contribution in [0.1, 0.15) is 46.4 Å². The summed E-state index contributed by atoms with van der Waals surface area (Å²) < 4.78 is 21.0. The van der Waals surface area contributed by atoms with Crippen LogP contribution in [-0.4, -0.2) is 27.7 Å². The summed E-state index contributed by atoms with van der Waals surface area (Å²) in [5.74, 6) is -2.05. The van der Waals surface area contributed by atoms with Gasteiger partial charge < -0.3 is 9.84 Å². The Morgan fingerprint density at radius 3 is 2.48 bits per heavy atom. The van der Waals surface area contributed by atoms with Crippen molar-refractivity contribution < 1.29 is 23.8 Å². The van der Waals surface area contributed by atoms with E-state index in [1.807, 2.05) is 19.1 Å². The molecule has 0 aliphatic heterocycles. The van der Waals surface area contributed by atoms with Crippen LogP contribution in [0, 0.1) is 19.7 Å². The second-order valence-electron chi connectivity index (χ2n) is 7.61. The van der Waals surface area contributed by atoms with Crippen LogP contribution >= 0.6 is 0 Å². The molecule has 0 atom stereocenters. The van der Waals surface area contributed by atoms with Crippen molar-refractivity contribution in [3.05, 3.63) is 64.6 Å². The zero-order valence-electron chi connectivity index (χ0n) is 16.4. The van der Waals surface area contributed by atoms with E-state index in [0.29, 0.717) is 27.7 Å². The van der Waals surface area contributed by atoms with Crippen molar-refractivity contribution >= 4 is 22.8 Å². The van der Waals surface area contributed by atoms with E-state index in [9.17, 15) is 19.1 Å². The van der Waals surface area contributed by atoms with Gasteiger partial charge in [-0.15, -0.1) is 0 Å². The molecule has 29 heavy (non-hydrogen) atoms. The van der Waals surface area contributed by atoms with Crippen molar-refractivity contribution in [2.45, 2.75) is 45.6 Å². The average molecular weight is 395 g/mol. The minimum absolute atomic E-state index is 0.0436. The standard InChI is InChI=1S/C23H22FNO4/c1-13-6-8-15(9-7-13)23(28)25-14(2)17(11-22(27)29-16-4-3-5-16)18-10-21(26)19(24)12-20(18)25/h6-10,12,16,26H,3-5,11H2,1-2H3. The third kappa shape index (κ3) is 3.50. The highest BCUT2D eigenvalue weighted by atomic mass is 19.1. The number of aromatic nitrogens is 1. The summed E-state index contributed by atoms with van der Waals surface area (Å²) in [7, 11) is 0. The van der Waals surface area contributed by atoms with Gasteiger partial charge >= 0.3 is 5.97 Å². The Kier molecular flexibility index (Phi) is 4.86. The number of ether oxygens (including phenoxy) is 1. The normalized spacial score (nSPS) is 14.0. The number of esters is 1. The SMILES string of the molecule is Cc1ccc(C(=O)n2c(C)c(CC(=O)OC3CCC3)c3cc(O)c(F)cc32)cc1. The highest BCUT2D eigenvalue weighted by Crippen LogP contribution is 2.33. The van der Waals surface area contributed by atoms with Gasteiger partial charge in [0.25, 0.3) is 5.91 Å². The van der Waals surface area contributed by atoms with Gasteiger partial charge in [0.2, 0.25) is 0 Å². The van der Waals surface area contributed by atoms with Crippen LogP contribution in [0.3, 0.4) is 0 Å². The number of phenolic OH excluding ortho intramolecular Hbond substituents is 1. The molecule has 0 saturated heterocycles. The number of nitrogens with zero attached hydrogens (tertiary/aromatic N) is 1. The highest BCUT2D eigenvalue weighted by Gasteiger charge is 2.26. The molecule has 1 heterocycles. The lowest BCUT2D eigenvalue weighted by Gasteiger charge is -2.25. The van der Waals surface area contributed by atoms with E-state index >= 15 is 0 Å². The van der Waals surface area contributed by atoms with E-state index in [2.05, 4.69) is 0 Å². The van der Waals surface area contributed by atoms with Gasteiger partial charge in [0.15, 0.2) is 11.6 Å². The first-order chi connectivity index (χ1) is 13.8. The monoisotopic (exact) mass is 395 g/mol. The molecule has 1 aromatic heterocycles. The van der Waals surface area contributed by atoms with Gasteiger partial charge in [0, 0.05) is 22.7 Å². The molecule has 0 radical (unpaired) electrons. The number of aromatic hydroxyl groups is 1. The van der Waals surface area contributed by atoms with E-state index in [1.54, 1.807) is 19.1 Å². The third-order valence-electron chi connectivity index (χ3n) is 5.58. The largest absolute Gasteiger partial charge is 0.505 e. The van der Waals surface area contributed by atoms with E-state index in [1.165, 1.54) is 10.6 Å². The number of carbonyl (C=O) groups is 2. The predicted octanol–water partition coefficient (Wildman–Crippen LogP) is 4.43. The van der Waals surface area contributed by atoms with Gasteiger partial charge in [0.05, 0.1) is 11.9 Å². The van der Waals surface area contributed by atoms with Gasteiger partial charge in [-0.2, -0.15) is 0 Å². The Morgan fingerprint density at radius 1 is 1.17 bits per heavy atom. The van der Waals surface area contributed by atoms with E-state index in [4.69, 9.17) is 4.74 Å². The van der Waals surface area contributed by atoms with Gasteiger partial charge in [0.1, 0.15) is 6.10 Å². The Balaban J connectivity index is 1.80. The molecular weight excluding hydrogens is 373 g/mol. The summed E-state index contributed by atoms with van der Waals surface area (Å²) >= 11 is 0. The van der Waals surface area contributed by atoms with Crippen LogP contribution in [0.15, 0.2) is 36.4 Å². The minimum atomic E-state index is -0.823. The molecule has 5 nitrogen and oxygen atoms in total. The van der Waals surface area contributed by atoms with Crippen LogP contribution in [0.2, 0.25) is 0 Å². The van der Waals surface area contributed by atoms with Crippen molar-refractivity contribution in [2.24, 2.45) is 0 Å². The fraction of sp³-hybridized carbons (Fsp3) is 0.304. The lowest BCUT2D eigenvalue weighted by molar-refractivity contribution is -0.152. The Hall–Kier alpha value is -3.15. The van der Waals surface area contributed by atoms with Gasteiger partial charge in [-0.25, -0.2) is 4.39 Å². The van der Waals surface area contributed by atoms with E-state index < -0.39 is 11.6 Å². The van der Waals surface area contributed by atoms with Gasteiger partial charge in [-0.3, -0.25) is 14.2 Å². The van der Waals surface area contributed by atoms with Crippen LogP contribution in [-0.2, 0) is 16.0 Å². The Morgan fingerprint density at radius 2 is 1.86 bits per heavy atom. The molecule has 2 aromatic carbocycles. The highest BCUT2D eigenvalue weighted by molar-refractivity contribution is 6.05. The van der Waals surface area contributed by atoms with Crippen LogP contribution in [0.5, 0.6) is 5.75 Å². The van der Waals surface area contributed by atoms with Gasteiger partial charge in [-0.05, 0) is 56.9 Å². The number of phenols is 1. The van der Waals surface area contributed by atoms with Crippen LogP contribution in [0.4, 0.5) is 4.39 Å². The fourth-order valence-corrected chi connectivity index (χ4v) is 3.66. The summed E-state index contributed by atoms with van der Waals surface area (Å²) in [5, 5.41) is 10.3. The molecule has 1 aliphatic carbocycles. The maximum atomic E-state index is 14.1. The molecule has 1 N–H and O–H groups in total. The number of aryl methyl sites for hydroxylation is 1. The lowest BCUT2D eigenvalue weighted by atomic mass is 9.96. The summed E-state index contributed by atoms with van der Waals surface area (Å²) in [5.41, 5.74) is 2.87. The number of carbonyl (C=O) groups excluding carboxylic acids is 2. The molecule has 150 valence electrons. The molecule has 0 bridgehead atoms. The van der Waals surface area contributed by atoms with E-state index in [-0.39, 0.29) is 24.4 Å². The molecule has 4 rings (SSSR count). The molecule has 0 spiro atoms. The maximum absolute atomic E-state index is 14.1. The third-order valence-corrected chi connectivity index (χ3v) is 5.58. The molecular formula is C23H22FNO4. The molecule has 1 aliphatic rings. The number of hydrogen-bond acceptors (Lipinski definition) is 4. The number of halogens is 1. The molecule has 3 aromatic rings. The molecule has 6 heteroatoms. The number of rotatable bonds is 4. The fourth-order valence-electron chi connectivity index (χ4n) is 3.66. The van der Waals surface area contributed by atoms with Crippen molar-refractivity contribution in [2.75, 3.05) is 0 Å². The molecule has 1 saturated carbocycles. The number of benzene rings is 2. The zero-order valence-corrected chi connectivity index (χ0v) is 16.4. The van der Waals surface area contributed by atoms with Crippen molar-refractivity contribution in [1.82, 2.24) is 4.57 Å². The van der Waals surface area contributed by atoms with Crippen LogP contribution in [0.25, 0.3) is 10.9 Å². The summed E-state index contributed by atoms with van der Waals surface area (Å²) in [6.07, 6.45) is 2.69. The summed E-state index contributed by atoms with van der Waals surface area (Å²) in [6, 6.07) is 9.48. The summed E-state index contributed by atoms with van der Waals surface area (Å²) in [6.45, 7) is 3.64. The van der Waals surface area contributed by atoms with Crippen molar-refractivity contribution in [3.63, 3.8) is 0 Å². The van der Waals surface area contributed by atoms with Gasteiger partial charge in [-0.1, -0.05) is 17.7 Å². The molecule has 0 unspecified atom stereocenters. The predicted molar refractivity (Wildman–Crippen MR) is 107 cm³/mol. The smallest absolute Gasteiger partial charge is 0.310 e. The number of fused-ring (bicyclic) bond motifs is 1. The first-order valence-electron chi connectivity index (χ1n) is 9.68. The van der Waals surface area contributed by atoms with E-state index in [0.717, 1.165) is 30.9 Å². The first kappa shape index (κ1) is 19.2. The topological polar surface area (TPSA) is 68.5 Å². The lowest BCUT2D eigenvalue weighted by Crippen LogP contribution is -2.26. The quantitative estimate of drug-likeness (QED) is 0.664. The zero-order chi connectivity index (χ0) is 20.7. The number of hydrogen-bond donors (Lipinski definition) is 1. The van der Waals surface area contributed by atoms with Crippen molar-refractivity contribution in [1.29, 1.82) is 0 Å². The Bertz CT molecular complexity index is 1110. The molecule has 1 fully saturated rings. The maximum Gasteiger partial charge on any atom is 0.310 e. The van der Waals surface area contributed by atoms with Crippen LogP contribution < -0.4 is 0 Å². The molecule has 0 amide bonds. The first-order valence-corrected chi connectivity index (χ1v) is 9.68. The Labute approximate surface area is 167 Å². The minimum Gasteiger partial charge on any atom is -0.505 e. The second-order valence-corrected chi connectivity index (χ2v) is 7.61. The second kappa shape index (κ2) is 7.35. The summed E-state index contributed by atoms with van der Waals surface area (Å²) in [4.78, 5) is 25.6. The van der Waals surface area contributed by atoms with Crippen molar-refractivity contribution in [3.8, 4) is 5.75 Å².